The average Bonchev–Trinajstić information content (AvgIpc) is 2.75. The maximum absolute atomic E-state index is 13.2. The highest BCUT2D eigenvalue weighted by Crippen LogP contribution is 2.26. The second-order valence-electron chi connectivity index (χ2n) is 7.35. The van der Waals surface area contributed by atoms with Crippen molar-refractivity contribution in [2.75, 3.05) is 0 Å². The number of nitrogens with zero attached hydrogens (tertiary/aromatic N) is 4. The lowest BCUT2D eigenvalue weighted by atomic mass is 10.1. The van der Waals surface area contributed by atoms with E-state index in [1.807, 2.05) is 53.1 Å². The van der Waals surface area contributed by atoms with Crippen molar-refractivity contribution in [3.8, 4) is 17.2 Å². The van der Waals surface area contributed by atoms with Crippen LogP contribution >= 0.6 is 15.9 Å². The van der Waals surface area contributed by atoms with Crippen LogP contribution in [0.25, 0.3) is 28.2 Å². The Balaban J connectivity index is 1.89. The summed E-state index contributed by atoms with van der Waals surface area (Å²) < 4.78 is 4.00. The maximum Gasteiger partial charge on any atom is 0.352 e. The predicted octanol–water partition coefficient (Wildman–Crippen LogP) is 4.78. The smallest absolute Gasteiger partial charge is 0.291 e. The molecule has 154 valence electrons. The van der Waals surface area contributed by atoms with Crippen LogP contribution in [-0.4, -0.2) is 19.1 Å². The first-order valence-corrected chi connectivity index (χ1v) is 11.1. The molecular weight excluding hydrogens is 444 g/mol. The summed E-state index contributed by atoms with van der Waals surface area (Å²) in [5.74, 6) is 0.285. The van der Waals surface area contributed by atoms with Crippen LogP contribution < -0.4 is 11.2 Å². The molecule has 6 nitrogen and oxygen atoms in total. The minimum Gasteiger partial charge on any atom is -0.291 e. The molecule has 0 saturated heterocycles. The monoisotopic (exact) mass is 466 g/mol. The molecule has 0 unspecified atom stereocenters. The van der Waals surface area contributed by atoms with Crippen LogP contribution in [-0.2, 0) is 6.54 Å². The van der Waals surface area contributed by atoms with E-state index in [9.17, 15) is 9.59 Å². The molecule has 0 atom stereocenters. The molecule has 2 heterocycles. The van der Waals surface area contributed by atoms with Gasteiger partial charge in [-0.1, -0.05) is 60.7 Å². The summed E-state index contributed by atoms with van der Waals surface area (Å²) in [5.41, 5.74) is 1.59. The van der Waals surface area contributed by atoms with Gasteiger partial charge in [0, 0.05) is 16.7 Å². The Hall–Kier alpha value is -2.80. The molecule has 0 saturated carbocycles. The van der Waals surface area contributed by atoms with Gasteiger partial charge in [0.05, 0.1) is 11.0 Å². The normalized spacial score (nSPS) is 11.4. The Labute approximate surface area is 182 Å². The third kappa shape index (κ3) is 3.94. The van der Waals surface area contributed by atoms with E-state index < -0.39 is 5.69 Å². The summed E-state index contributed by atoms with van der Waals surface area (Å²) in [4.78, 5) is 34.8. The van der Waals surface area contributed by atoms with E-state index in [-0.39, 0.29) is 17.1 Å². The van der Waals surface area contributed by atoms with Crippen LogP contribution in [0.5, 0.6) is 0 Å². The predicted molar refractivity (Wildman–Crippen MR) is 122 cm³/mol. The first kappa shape index (κ1) is 20.5. The molecule has 4 rings (SSSR count). The van der Waals surface area contributed by atoms with Gasteiger partial charge in [0.1, 0.15) is 0 Å². The van der Waals surface area contributed by atoms with Crippen molar-refractivity contribution < 1.29 is 0 Å². The highest BCUT2D eigenvalue weighted by Gasteiger charge is 2.22. The van der Waals surface area contributed by atoms with Gasteiger partial charge < -0.3 is 0 Å². The largest absolute Gasteiger partial charge is 0.352 e. The van der Waals surface area contributed by atoms with Crippen molar-refractivity contribution in [2.45, 2.75) is 45.6 Å². The van der Waals surface area contributed by atoms with Crippen molar-refractivity contribution in [1.29, 1.82) is 0 Å². The molecule has 0 radical (unpaired) electrons. The zero-order valence-electron chi connectivity index (χ0n) is 16.8. The van der Waals surface area contributed by atoms with Gasteiger partial charge in [-0.25, -0.2) is 9.78 Å². The fraction of sp³-hybridized carbons (Fsp3) is 0.304. The van der Waals surface area contributed by atoms with E-state index in [4.69, 9.17) is 0 Å². The van der Waals surface area contributed by atoms with E-state index in [1.54, 1.807) is 0 Å². The van der Waals surface area contributed by atoms with E-state index in [1.165, 1.54) is 4.57 Å². The lowest BCUT2D eigenvalue weighted by Gasteiger charge is -2.18. The Morgan fingerprint density at radius 1 is 0.900 bits per heavy atom. The van der Waals surface area contributed by atoms with Crippen molar-refractivity contribution in [1.82, 2.24) is 19.1 Å². The summed E-state index contributed by atoms with van der Waals surface area (Å²) in [5, 5.41) is 0. The number of aromatic nitrogens is 4. The van der Waals surface area contributed by atoms with E-state index in [0.717, 1.165) is 47.8 Å². The molecule has 2 aromatic rings. The van der Waals surface area contributed by atoms with Crippen LogP contribution in [0.4, 0.5) is 0 Å². The van der Waals surface area contributed by atoms with Gasteiger partial charge in [-0.2, -0.15) is 4.98 Å². The number of para-hydroxylation sites is 2. The molecule has 0 spiro atoms. The van der Waals surface area contributed by atoms with Gasteiger partial charge in [0.15, 0.2) is 11.5 Å². The molecule has 0 amide bonds. The van der Waals surface area contributed by atoms with Gasteiger partial charge in [-0.3, -0.25) is 13.9 Å². The molecule has 2 aromatic carbocycles. The third-order valence-corrected chi connectivity index (χ3v) is 5.76. The van der Waals surface area contributed by atoms with Crippen LogP contribution in [0.15, 0.2) is 62.6 Å². The quantitative estimate of drug-likeness (QED) is 0.290. The van der Waals surface area contributed by atoms with Crippen LogP contribution in [0, 0.1) is 0 Å². The van der Waals surface area contributed by atoms with Crippen molar-refractivity contribution in [3.05, 3.63) is 73.8 Å². The number of rotatable bonds is 7. The van der Waals surface area contributed by atoms with Gasteiger partial charge in [-0.15, -0.1) is 0 Å². The summed E-state index contributed by atoms with van der Waals surface area (Å²) >= 11 is 3.45. The second-order valence-corrected chi connectivity index (χ2v) is 8.27. The second kappa shape index (κ2) is 8.92. The summed E-state index contributed by atoms with van der Waals surface area (Å²) in [7, 11) is 0. The van der Waals surface area contributed by atoms with Crippen molar-refractivity contribution in [3.63, 3.8) is 0 Å². The van der Waals surface area contributed by atoms with Crippen LogP contribution in [0.3, 0.4) is 0 Å². The minimum atomic E-state index is -0.522. The highest BCUT2D eigenvalue weighted by molar-refractivity contribution is 9.10. The van der Waals surface area contributed by atoms with Crippen molar-refractivity contribution in [2.24, 2.45) is 0 Å². The first-order valence-electron chi connectivity index (χ1n) is 10.3. The van der Waals surface area contributed by atoms with Gasteiger partial charge in [0.25, 0.3) is 5.56 Å². The molecule has 0 N–H and O–H groups in total. The van der Waals surface area contributed by atoms with Gasteiger partial charge >= 0.3 is 5.69 Å². The van der Waals surface area contributed by atoms with E-state index >= 15 is 0 Å². The van der Waals surface area contributed by atoms with Crippen LogP contribution in [0.1, 0.15) is 39.0 Å². The van der Waals surface area contributed by atoms with Gasteiger partial charge in [-0.05, 0) is 42.8 Å². The summed E-state index contributed by atoms with van der Waals surface area (Å²) in [6.45, 7) is 2.53. The van der Waals surface area contributed by atoms with E-state index in [2.05, 4.69) is 32.8 Å². The molecular formula is C23H23BrN4O2. The summed E-state index contributed by atoms with van der Waals surface area (Å²) in [6, 6.07) is 15.2. The van der Waals surface area contributed by atoms with E-state index in [0.29, 0.717) is 12.1 Å². The number of halogens is 1. The first-order chi connectivity index (χ1) is 14.6. The fourth-order valence-corrected chi connectivity index (χ4v) is 3.94. The highest BCUT2D eigenvalue weighted by atomic mass is 79.9. The van der Waals surface area contributed by atoms with Crippen molar-refractivity contribution >= 4 is 27.0 Å². The molecule has 0 bridgehead atoms. The topological polar surface area (TPSA) is 69.8 Å². The maximum atomic E-state index is 13.2. The Bertz CT molecular complexity index is 1260. The lowest BCUT2D eigenvalue weighted by Crippen LogP contribution is -2.38. The average molecular weight is 467 g/mol. The molecule has 0 aromatic heterocycles. The molecule has 7 heteroatoms. The Morgan fingerprint density at radius 2 is 1.63 bits per heavy atom. The zero-order valence-corrected chi connectivity index (χ0v) is 18.4. The van der Waals surface area contributed by atoms with Crippen LogP contribution in [0.2, 0.25) is 0 Å². The molecule has 2 aliphatic rings. The third-order valence-electron chi connectivity index (χ3n) is 5.23. The SMILES string of the molecule is CCCCCCCn1c(=O)nc2n(-c3ccc(Br)cc3)c3ccccc3nc-2c1=O. The number of unbranched alkanes of at least 4 members (excludes halogenated alkanes) is 4. The minimum absolute atomic E-state index is 0.213. The molecule has 30 heavy (non-hydrogen) atoms. The molecule has 0 aliphatic carbocycles. The number of hydrogen-bond donors (Lipinski definition) is 0. The fourth-order valence-electron chi connectivity index (χ4n) is 3.67. The summed E-state index contributed by atoms with van der Waals surface area (Å²) in [6.07, 6.45) is 5.19. The molecule has 2 aliphatic heterocycles. The van der Waals surface area contributed by atoms with Gasteiger partial charge in [0.2, 0.25) is 0 Å². The number of hydrogen-bond acceptors (Lipinski definition) is 4. The number of fused-ring (bicyclic) bond motifs is 2. The standard InChI is InChI=1S/C23H23BrN4O2/c1-2-3-4-5-8-15-27-22(29)20-21(26-23(27)30)28(17-13-11-16(24)12-14-17)19-10-7-6-9-18(19)25-20/h6-7,9-14H,2-5,8,15H2,1H3. The Kier molecular flexibility index (Phi) is 6.08. The lowest BCUT2D eigenvalue weighted by molar-refractivity contribution is 0.540. The zero-order chi connectivity index (χ0) is 21.1. The number of benzene rings is 2. The molecule has 0 fully saturated rings. The Morgan fingerprint density at radius 3 is 2.40 bits per heavy atom.